The molecule has 1 saturated heterocycles. The molecule has 1 atom stereocenters. The van der Waals surface area contributed by atoms with Gasteiger partial charge in [-0.1, -0.05) is 18.2 Å². The highest BCUT2D eigenvalue weighted by Gasteiger charge is 2.38. The zero-order chi connectivity index (χ0) is 24.2. The fourth-order valence-electron chi connectivity index (χ4n) is 3.35. The van der Waals surface area contributed by atoms with Gasteiger partial charge >= 0.3 is 12.4 Å². The van der Waals surface area contributed by atoms with E-state index in [2.05, 4.69) is 15.8 Å². The summed E-state index contributed by atoms with van der Waals surface area (Å²) in [5.41, 5.74) is -0.978. The molecule has 0 bridgehead atoms. The van der Waals surface area contributed by atoms with E-state index in [0.717, 1.165) is 0 Å². The zero-order valence-electron chi connectivity index (χ0n) is 16.9. The summed E-state index contributed by atoms with van der Waals surface area (Å²) >= 11 is 0. The van der Waals surface area contributed by atoms with Gasteiger partial charge in [-0.25, -0.2) is 0 Å². The summed E-state index contributed by atoms with van der Waals surface area (Å²) in [5, 5.41) is 6.09. The number of alkyl halides is 6. The molecule has 2 aromatic carbocycles. The van der Waals surface area contributed by atoms with Crippen LogP contribution >= 0.6 is 0 Å². The van der Waals surface area contributed by atoms with Crippen LogP contribution in [0.15, 0.2) is 53.6 Å². The lowest BCUT2D eigenvalue weighted by molar-refractivity contribution is -0.143. The van der Waals surface area contributed by atoms with E-state index in [4.69, 9.17) is 0 Å². The van der Waals surface area contributed by atoms with Gasteiger partial charge in [0.15, 0.2) is 0 Å². The van der Waals surface area contributed by atoms with Gasteiger partial charge < -0.3 is 10.2 Å². The maximum Gasteiger partial charge on any atom is 0.416 e. The van der Waals surface area contributed by atoms with Crippen LogP contribution in [0.1, 0.15) is 24.0 Å². The summed E-state index contributed by atoms with van der Waals surface area (Å²) in [4.78, 5) is 25.6. The first-order valence-electron chi connectivity index (χ1n) is 9.69. The van der Waals surface area contributed by atoms with Crippen molar-refractivity contribution in [2.45, 2.75) is 31.2 Å². The minimum Gasteiger partial charge on any atom is -0.336 e. The highest BCUT2D eigenvalue weighted by molar-refractivity contribution is 6.45. The molecule has 2 aromatic rings. The molecule has 1 heterocycles. The summed E-state index contributed by atoms with van der Waals surface area (Å²) in [5.74, 6) is -1.04. The lowest BCUT2D eigenvalue weighted by Crippen LogP contribution is -2.42. The van der Waals surface area contributed by atoms with Crippen LogP contribution in [0, 0.1) is 0 Å². The van der Waals surface area contributed by atoms with Gasteiger partial charge in [-0.2, -0.15) is 31.4 Å². The van der Waals surface area contributed by atoms with Crippen molar-refractivity contribution >= 4 is 29.4 Å². The number of likely N-dealkylation sites (tertiary alicyclic amines) is 1. The number of carbonyl (C=O) groups excluding carboxylic acids is 2. The highest BCUT2D eigenvalue weighted by Crippen LogP contribution is 2.37. The number of nitrogens with zero attached hydrogens (tertiary/aromatic N) is 2. The Hall–Kier alpha value is -3.57. The Kier molecular flexibility index (Phi) is 6.94. The summed E-state index contributed by atoms with van der Waals surface area (Å²) in [6.07, 6.45) is -8.73. The van der Waals surface area contributed by atoms with Crippen molar-refractivity contribution in [2.24, 2.45) is 5.10 Å². The second kappa shape index (κ2) is 9.51. The number of halogens is 6. The maximum atomic E-state index is 13.1. The van der Waals surface area contributed by atoms with E-state index < -0.39 is 41.1 Å². The lowest BCUT2D eigenvalue weighted by Gasteiger charge is -2.22. The molecular formula is C21H18F6N4O2. The monoisotopic (exact) mass is 472 g/mol. The zero-order valence-corrected chi connectivity index (χ0v) is 16.9. The average molecular weight is 472 g/mol. The number of anilines is 2. The molecule has 1 aliphatic heterocycles. The van der Waals surface area contributed by atoms with Gasteiger partial charge in [0.05, 0.1) is 22.9 Å². The quantitative estimate of drug-likeness (QED) is 0.276. The van der Waals surface area contributed by atoms with Gasteiger partial charge in [0, 0.05) is 12.2 Å². The molecule has 0 unspecified atom stereocenters. The van der Waals surface area contributed by atoms with E-state index in [1.165, 1.54) is 4.90 Å². The first kappa shape index (κ1) is 24.1. The number of benzene rings is 2. The van der Waals surface area contributed by atoms with Crippen LogP contribution in [0.4, 0.5) is 37.7 Å². The first-order valence-corrected chi connectivity index (χ1v) is 9.69. The Bertz CT molecular complexity index is 1010. The Labute approximate surface area is 184 Å². The standard InChI is InChI=1S/C21H18F6N4O2/c22-20(23,24)13-9-14(21(25,26)27)11-16(10-13)28-19(33)18(17-7-4-8-31(17)12-32)30-29-15-5-2-1-3-6-15/h1-3,5-6,9-12,17,29H,4,7-8H2,(H,28,33)/b30-18-/t17-/m0/s1. The van der Waals surface area contributed by atoms with Gasteiger partial charge in [0.25, 0.3) is 5.91 Å². The molecule has 3 rings (SSSR count). The van der Waals surface area contributed by atoms with Crippen LogP contribution in [0.2, 0.25) is 0 Å². The molecule has 12 heteroatoms. The molecule has 0 aliphatic carbocycles. The molecule has 0 radical (unpaired) electrons. The highest BCUT2D eigenvalue weighted by atomic mass is 19.4. The number of carbonyl (C=O) groups is 2. The molecule has 2 amide bonds. The normalized spacial score (nSPS) is 17.1. The smallest absolute Gasteiger partial charge is 0.336 e. The molecule has 0 saturated carbocycles. The third kappa shape index (κ3) is 6.02. The lowest BCUT2D eigenvalue weighted by atomic mass is 10.1. The minimum absolute atomic E-state index is 0.0350. The van der Waals surface area contributed by atoms with Crippen LogP contribution in [-0.4, -0.2) is 35.5 Å². The minimum atomic E-state index is -5.06. The van der Waals surface area contributed by atoms with E-state index in [-0.39, 0.29) is 11.8 Å². The maximum absolute atomic E-state index is 13.1. The second-order valence-electron chi connectivity index (χ2n) is 7.22. The number of rotatable bonds is 6. The third-order valence-electron chi connectivity index (χ3n) is 4.90. The SMILES string of the molecule is O=CN1CCC[C@H]1/C(=N/Nc1ccccc1)C(=O)Nc1cc(C(F)(F)F)cc(C(F)(F)F)c1. The molecule has 1 fully saturated rings. The molecule has 176 valence electrons. The Morgan fingerprint density at radius 2 is 1.58 bits per heavy atom. The summed E-state index contributed by atoms with van der Waals surface area (Å²) < 4.78 is 78.7. The number of hydrazone groups is 1. The Morgan fingerprint density at radius 1 is 0.970 bits per heavy atom. The predicted molar refractivity (Wildman–Crippen MR) is 108 cm³/mol. The number of hydrogen-bond donors (Lipinski definition) is 2. The van der Waals surface area contributed by atoms with Crippen molar-refractivity contribution in [2.75, 3.05) is 17.3 Å². The molecular weight excluding hydrogens is 454 g/mol. The van der Waals surface area contributed by atoms with Crippen LogP contribution in [0.5, 0.6) is 0 Å². The molecule has 1 aliphatic rings. The van der Waals surface area contributed by atoms with Gasteiger partial charge in [-0.05, 0) is 43.2 Å². The Morgan fingerprint density at radius 3 is 2.12 bits per heavy atom. The second-order valence-corrected chi connectivity index (χ2v) is 7.22. The number of hydrogen-bond acceptors (Lipinski definition) is 4. The largest absolute Gasteiger partial charge is 0.416 e. The van der Waals surface area contributed by atoms with Crippen molar-refractivity contribution in [3.63, 3.8) is 0 Å². The number of nitrogens with one attached hydrogen (secondary N) is 2. The van der Waals surface area contributed by atoms with Gasteiger partial charge in [0.2, 0.25) is 6.41 Å². The van der Waals surface area contributed by atoms with Crippen LogP contribution in [-0.2, 0) is 21.9 Å². The summed E-state index contributed by atoms with van der Waals surface area (Å²) in [7, 11) is 0. The Balaban J connectivity index is 1.95. The fraction of sp³-hybridized carbons (Fsp3) is 0.286. The predicted octanol–water partition coefficient (Wildman–Crippen LogP) is 4.75. The van der Waals surface area contributed by atoms with Crippen LogP contribution in [0.25, 0.3) is 0 Å². The topological polar surface area (TPSA) is 73.8 Å². The fourth-order valence-corrected chi connectivity index (χ4v) is 3.35. The molecule has 6 nitrogen and oxygen atoms in total. The first-order chi connectivity index (χ1) is 15.5. The van der Waals surface area contributed by atoms with E-state index >= 15 is 0 Å². The van der Waals surface area contributed by atoms with Crippen LogP contribution < -0.4 is 10.7 Å². The van der Waals surface area contributed by atoms with Gasteiger partial charge in [0.1, 0.15) is 5.71 Å². The summed E-state index contributed by atoms with van der Waals surface area (Å²) in [6.45, 7) is 0.327. The van der Waals surface area contributed by atoms with E-state index in [9.17, 15) is 35.9 Å². The van der Waals surface area contributed by atoms with Crippen molar-refractivity contribution in [3.05, 3.63) is 59.7 Å². The van der Waals surface area contributed by atoms with Crippen molar-refractivity contribution in [1.29, 1.82) is 0 Å². The van der Waals surface area contributed by atoms with Crippen molar-refractivity contribution in [1.82, 2.24) is 4.90 Å². The molecule has 33 heavy (non-hydrogen) atoms. The van der Waals surface area contributed by atoms with Gasteiger partial charge in [-0.3, -0.25) is 15.0 Å². The van der Waals surface area contributed by atoms with E-state index in [1.54, 1.807) is 30.3 Å². The van der Waals surface area contributed by atoms with Gasteiger partial charge in [-0.15, -0.1) is 0 Å². The molecule has 2 N–H and O–H groups in total. The average Bonchev–Trinajstić information content (AvgIpc) is 3.21. The van der Waals surface area contributed by atoms with Crippen molar-refractivity contribution < 1.29 is 35.9 Å². The molecule has 0 aromatic heterocycles. The summed E-state index contributed by atoms with van der Waals surface area (Å²) in [6, 6.07) is 8.35. The van der Waals surface area contributed by atoms with Crippen molar-refractivity contribution in [3.8, 4) is 0 Å². The van der Waals surface area contributed by atoms with E-state index in [1.807, 2.05) is 0 Å². The third-order valence-corrected chi connectivity index (χ3v) is 4.90. The number of amides is 2. The number of para-hydroxylation sites is 1. The molecule has 0 spiro atoms. The van der Waals surface area contributed by atoms with Crippen LogP contribution in [0.3, 0.4) is 0 Å². The van der Waals surface area contributed by atoms with E-state index in [0.29, 0.717) is 43.6 Å².